The Labute approximate surface area is 119 Å². The van der Waals surface area contributed by atoms with Gasteiger partial charge in [-0.2, -0.15) is 0 Å². The van der Waals surface area contributed by atoms with E-state index >= 15 is 0 Å². The van der Waals surface area contributed by atoms with Crippen molar-refractivity contribution in [2.24, 2.45) is 0 Å². The van der Waals surface area contributed by atoms with Gasteiger partial charge in [0.1, 0.15) is 0 Å². The minimum Gasteiger partial charge on any atom is -0.377 e. The van der Waals surface area contributed by atoms with Crippen molar-refractivity contribution in [3.8, 4) is 0 Å². The maximum Gasteiger partial charge on any atom is 0.0807 e. The summed E-state index contributed by atoms with van der Waals surface area (Å²) in [5.41, 5.74) is 0.715. The summed E-state index contributed by atoms with van der Waals surface area (Å²) in [6.07, 6.45) is 3.71. The van der Waals surface area contributed by atoms with E-state index in [1.54, 1.807) is 0 Å². The number of hydrogen-bond acceptors (Lipinski definition) is 3. The Bertz CT molecular complexity index is 328. The van der Waals surface area contributed by atoms with E-state index in [0.717, 1.165) is 6.54 Å². The van der Waals surface area contributed by atoms with Crippen LogP contribution in [0.4, 0.5) is 0 Å². The van der Waals surface area contributed by atoms with E-state index in [9.17, 15) is 0 Å². The van der Waals surface area contributed by atoms with E-state index in [2.05, 4.69) is 51.5 Å². The minimum atomic E-state index is 0.175. The molecule has 0 bridgehead atoms. The highest BCUT2D eigenvalue weighted by Gasteiger charge is 2.48. The SMILES string of the molecule is COC1(CN(C)[C@H]2CN(C(C)(C)C)C(C)(C)C2)CC1. The second-order valence-corrected chi connectivity index (χ2v) is 8.25. The molecule has 0 aromatic carbocycles. The van der Waals surface area contributed by atoms with Gasteiger partial charge >= 0.3 is 0 Å². The van der Waals surface area contributed by atoms with Crippen LogP contribution in [-0.2, 0) is 4.74 Å². The molecule has 19 heavy (non-hydrogen) atoms. The second kappa shape index (κ2) is 4.71. The van der Waals surface area contributed by atoms with Gasteiger partial charge in [0.2, 0.25) is 0 Å². The normalized spacial score (nSPS) is 30.0. The Morgan fingerprint density at radius 2 is 1.84 bits per heavy atom. The van der Waals surface area contributed by atoms with Crippen molar-refractivity contribution in [1.82, 2.24) is 9.80 Å². The van der Waals surface area contributed by atoms with Gasteiger partial charge in [0, 0.05) is 37.3 Å². The Balaban J connectivity index is 2.00. The summed E-state index contributed by atoms with van der Waals surface area (Å²) in [5, 5.41) is 0. The van der Waals surface area contributed by atoms with Crippen molar-refractivity contribution in [3.63, 3.8) is 0 Å². The molecule has 1 aliphatic carbocycles. The van der Waals surface area contributed by atoms with E-state index in [1.807, 2.05) is 7.11 Å². The summed E-state index contributed by atoms with van der Waals surface area (Å²) >= 11 is 0. The lowest BCUT2D eigenvalue weighted by Crippen LogP contribution is -2.50. The predicted octanol–water partition coefficient (Wildman–Crippen LogP) is 2.75. The average Bonchev–Trinajstić information content (AvgIpc) is 2.94. The first-order valence-electron chi connectivity index (χ1n) is 7.63. The van der Waals surface area contributed by atoms with Crippen molar-refractivity contribution < 1.29 is 4.74 Å². The first-order chi connectivity index (χ1) is 8.60. The lowest BCUT2D eigenvalue weighted by molar-refractivity contribution is 0.0370. The van der Waals surface area contributed by atoms with Crippen LogP contribution in [0.25, 0.3) is 0 Å². The van der Waals surface area contributed by atoms with Crippen LogP contribution < -0.4 is 0 Å². The molecule has 2 rings (SSSR count). The summed E-state index contributed by atoms with van der Waals surface area (Å²) < 4.78 is 5.67. The maximum atomic E-state index is 5.67. The smallest absolute Gasteiger partial charge is 0.0807 e. The monoisotopic (exact) mass is 268 g/mol. The van der Waals surface area contributed by atoms with E-state index < -0.39 is 0 Å². The van der Waals surface area contributed by atoms with Gasteiger partial charge in [-0.25, -0.2) is 0 Å². The molecule has 1 aliphatic heterocycles. The molecule has 0 amide bonds. The molecule has 0 N–H and O–H groups in total. The maximum absolute atomic E-state index is 5.67. The molecule has 3 heteroatoms. The van der Waals surface area contributed by atoms with Gasteiger partial charge in [-0.1, -0.05) is 0 Å². The third-order valence-electron chi connectivity index (χ3n) is 5.07. The Kier molecular flexibility index (Phi) is 3.79. The number of likely N-dealkylation sites (N-methyl/N-ethyl adjacent to an activating group) is 1. The van der Waals surface area contributed by atoms with Gasteiger partial charge in [-0.05, 0) is 60.9 Å². The van der Waals surface area contributed by atoms with Gasteiger partial charge in [-0.15, -0.1) is 0 Å². The van der Waals surface area contributed by atoms with Crippen LogP contribution in [0.2, 0.25) is 0 Å². The number of methoxy groups -OCH3 is 1. The van der Waals surface area contributed by atoms with Gasteiger partial charge in [0.15, 0.2) is 0 Å². The fourth-order valence-electron chi connectivity index (χ4n) is 3.84. The predicted molar refractivity (Wildman–Crippen MR) is 80.5 cm³/mol. The molecule has 2 aliphatic rings. The van der Waals surface area contributed by atoms with Crippen molar-refractivity contribution in [2.75, 3.05) is 27.2 Å². The molecule has 0 aromatic heterocycles. The Morgan fingerprint density at radius 3 is 2.21 bits per heavy atom. The first kappa shape index (κ1) is 15.3. The molecule has 0 spiro atoms. The Hall–Kier alpha value is -0.120. The molecule has 1 atom stereocenters. The van der Waals surface area contributed by atoms with Crippen LogP contribution >= 0.6 is 0 Å². The fraction of sp³-hybridized carbons (Fsp3) is 1.00. The standard InChI is InChI=1S/C16H32N2O/c1-14(2,3)18-11-13(10-15(18,4)5)17(6)12-16(19-7)8-9-16/h13H,8-12H2,1-7H3/t13-/m1/s1. The van der Waals surface area contributed by atoms with Crippen molar-refractivity contribution in [1.29, 1.82) is 0 Å². The Morgan fingerprint density at radius 1 is 1.26 bits per heavy atom. The highest BCUT2D eigenvalue weighted by atomic mass is 16.5. The highest BCUT2D eigenvalue weighted by molar-refractivity contribution is 5.04. The topological polar surface area (TPSA) is 15.7 Å². The van der Waals surface area contributed by atoms with Crippen LogP contribution in [0.15, 0.2) is 0 Å². The second-order valence-electron chi connectivity index (χ2n) is 8.25. The summed E-state index contributed by atoms with van der Waals surface area (Å²) in [6, 6.07) is 0.654. The summed E-state index contributed by atoms with van der Waals surface area (Å²) in [5.74, 6) is 0. The molecule has 1 saturated carbocycles. The van der Waals surface area contributed by atoms with Gasteiger partial charge in [0.25, 0.3) is 0 Å². The number of ether oxygens (including phenoxy) is 1. The van der Waals surface area contributed by atoms with E-state index in [-0.39, 0.29) is 11.1 Å². The van der Waals surface area contributed by atoms with Gasteiger partial charge in [-0.3, -0.25) is 9.80 Å². The molecule has 0 aromatic rings. The third-order valence-corrected chi connectivity index (χ3v) is 5.07. The number of likely N-dealkylation sites (tertiary alicyclic amines) is 1. The molecule has 1 saturated heterocycles. The van der Waals surface area contributed by atoms with E-state index in [1.165, 1.54) is 25.8 Å². The number of hydrogen-bond donors (Lipinski definition) is 0. The van der Waals surface area contributed by atoms with Crippen molar-refractivity contribution in [3.05, 3.63) is 0 Å². The van der Waals surface area contributed by atoms with Crippen LogP contribution in [0.5, 0.6) is 0 Å². The van der Waals surface area contributed by atoms with E-state index in [0.29, 0.717) is 11.6 Å². The third kappa shape index (κ3) is 3.14. The van der Waals surface area contributed by atoms with Crippen LogP contribution in [0.3, 0.4) is 0 Å². The molecule has 0 radical (unpaired) electrons. The van der Waals surface area contributed by atoms with Gasteiger partial charge in [0.05, 0.1) is 5.60 Å². The van der Waals surface area contributed by atoms with E-state index in [4.69, 9.17) is 4.74 Å². The lowest BCUT2D eigenvalue weighted by Gasteiger charge is -2.42. The summed E-state index contributed by atoms with van der Waals surface area (Å²) in [4.78, 5) is 5.19. The number of rotatable bonds is 4. The van der Waals surface area contributed by atoms with Crippen molar-refractivity contribution >= 4 is 0 Å². The van der Waals surface area contributed by atoms with Gasteiger partial charge < -0.3 is 4.74 Å². The molecular formula is C16H32N2O. The van der Waals surface area contributed by atoms with Crippen LogP contribution in [0, 0.1) is 0 Å². The fourth-order valence-corrected chi connectivity index (χ4v) is 3.84. The molecule has 2 fully saturated rings. The van der Waals surface area contributed by atoms with Crippen LogP contribution in [0.1, 0.15) is 53.9 Å². The quantitative estimate of drug-likeness (QED) is 0.780. The summed E-state index contributed by atoms with van der Waals surface area (Å²) in [6.45, 7) is 14.0. The van der Waals surface area contributed by atoms with Crippen molar-refractivity contribution in [2.45, 2.75) is 76.6 Å². The first-order valence-corrected chi connectivity index (χ1v) is 7.63. The number of nitrogens with zero attached hydrogens (tertiary/aromatic N) is 2. The minimum absolute atomic E-state index is 0.175. The molecule has 112 valence electrons. The average molecular weight is 268 g/mol. The molecular weight excluding hydrogens is 236 g/mol. The highest BCUT2D eigenvalue weighted by Crippen LogP contribution is 2.42. The summed E-state index contributed by atoms with van der Waals surface area (Å²) in [7, 11) is 4.13. The zero-order chi connectivity index (χ0) is 14.5. The molecule has 1 heterocycles. The lowest BCUT2D eigenvalue weighted by atomic mass is 9.95. The molecule has 0 unspecified atom stereocenters. The molecule has 3 nitrogen and oxygen atoms in total. The zero-order valence-electron chi connectivity index (χ0n) is 13.9. The zero-order valence-corrected chi connectivity index (χ0v) is 13.9. The van der Waals surface area contributed by atoms with Crippen LogP contribution in [-0.4, -0.2) is 59.8 Å². The largest absolute Gasteiger partial charge is 0.377 e.